The van der Waals surface area contributed by atoms with E-state index in [0.717, 1.165) is 4.57 Å². The van der Waals surface area contributed by atoms with Gasteiger partial charge in [-0.3, -0.25) is 9.78 Å². The number of nitrogens with zero attached hydrogens (tertiary/aromatic N) is 4. The van der Waals surface area contributed by atoms with Crippen molar-refractivity contribution >= 4 is 5.91 Å². The van der Waals surface area contributed by atoms with Crippen molar-refractivity contribution in [1.29, 1.82) is 0 Å². The van der Waals surface area contributed by atoms with Gasteiger partial charge in [0, 0.05) is 43.4 Å². The van der Waals surface area contributed by atoms with E-state index in [9.17, 15) is 31.1 Å². The zero-order valence-corrected chi connectivity index (χ0v) is 19.0. The Morgan fingerprint density at radius 2 is 1.89 bits per heavy atom. The Hall–Kier alpha value is -3.61. The quantitative estimate of drug-likeness (QED) is 0.402. The van der Waals surface area contributed by atoms with E-state index in [1.165, 1.54) is 30.5 Å². The summed E-state index contributed by atoms with van der Waals surface area (Å²) in [6, 6.07) is 1.61. The van der Waals surface area contributed by atoms with Crippen LogP contribution in [0.2, 0.25) is 0 Å². The zero-order chi connectivity index (χ0) is 26.2. The summed E-state index contributed by atoms with van der Waals surface area (Å²) in [4.78, 5) is 22.0. The Bertz CT molecular complexity index is 1290. The normalized spacial score (nSPS) is 14.5. The molecule has 0 saturated carbocycles. The van der Waals surface area contributed by atoms with E-state index in [0.29, 0.717) is 12.1 Å². The second kappa shape index (κ2) is 9.80. The Kier molecular flexibility index (Phi) is 6.94. The number of rotatable bonds is 6. The van der Waals surface area contributed by atoms with Gasteiger partial charge in [0.2, 0.25) is 11.7 Å². The van der Waals surface area contributed by atoms with Gasteiger partial charge in [0.1, 0.15) is 11.6 Å². The van der Waals surface area contributed by atoms with Crippen molar-refractivity contribution in [3.8, 4) is 17.0 Å². The third-order valence-electron chi connectivity index (χ3n) is 5.88. The van der Waals surface area contributed by atoms with Crippen LogP contribution >= 0.6 is 0 Å². The van der Waals surface area contributed by atoms with E-state index in [1.54, 1.807) is 0 Å². The number of ether oxygens (including phenoxy) is 1. The summed E-state index contributed by atoms with van der Waals surface area (Å²) in [6.45, 7) is -0.386. The maximum Gasteiger partial charge on any atom is 0.449 e. The first-order chi connectivity index (χ1) is 17.0. The van der Waals surface area contributed by atoms with E-state index in [2.05, 4.69) is 9.97 Å². The topological polar surface area (TPSA) is 86.3 Å². The number of hydrogen-bond donors (Lipinski definition) is 1. The highest BCUT2D eigenvalue weighted by molar-refractivity contribution is 5.78. The lowest BCUT2D eigenvalue weighted by molar-refractivity contribution is -0.148. The molecular formula is C23H21F6N5O2. The molecular weight excluding hydrogens is 492 g/mol. The van der Waals surface area contributed by atoms with Gasteiger partial charge in [0.05, 0.1) is 31.2 Å². The molecule has 0 bridgehead atoms. The zero-order valence-electron chi connectivity index (χ0n) is 19.0. The fourth-order valence-electron chi connectivity index (χ4n) is 4.18. The molecule has 2 aromatic heterocycles. The largest absolute Gasteiger partial charge is 0.494 e. The molecule has 1 amide bonds. The molecule has 192 valence electrons. The highest BCUT2D eigenvalue weighted by Crippen LogP contribution is 2.38. The number of halogens is 6. The second-order valence-corrected chi connectivity index (χ2v) is 8.30. The summed E-state index contributed by atoms with van der Waals surface area (Å²) in [5.74, 6) is -4.94. The Morgan fingerprint density at radius 1 is 1.17 bits per heavy atom. The number of carbonyl (C=O) groups excluding carboxylic acids is 1. The van der Waals surface area contributed by atoms with Crippen LogP contribution in [0.15, 0.2) is 30.6 Å². The monoisotopic (exact) mass is 513 g/mol. The molecule has 1 aliphatic rings. The van der Waals surface area contributed by atoms with Gasteiger partial charge in [-0.1, -0.05) is 0 Å². The Balaban J connectivity index is 1.57. The highest BCUT2D eigenvalue weighted by atomic mass is 19.4. The molecule has 0 radical (unpaired) electrons. The molecule has 0 saturated heterocycles. The molecule has 0 unspecified atom stereocenters. The van der Waals surface area contributed by atoms with Crippen LogP contribution in [0, 0.1) is 17.5 Å². The average molecular weight is 513 g/mol. The van der Waals surface area contributed by atoms with E-state index in [-0.39, 0.29) is 60.7 Å². The molecule has 1 aliphatic heterocycles. The second-order valence-electron chi connectivity index (χ2n) is 8.30. The maximum absolute atomic E-state index is 13.9. The SMILES string of the molecule is COc1cnccc1-c1nc(C(F)(F)F)n2c1CN(C(=O)C[C@H](N)Cc1cc(F)c(F)cc1F)CC2. The number of aromatic nitrogens is 3. The van der Waals surface area contributed by atoms with Gasteiger partial charge in [-0.05, 0) is 24.1 Å². The van der Waals surface area contributed by atoms with Crippen molar-refractivity contribution < 1.29 is 35.9 Å². The van der Waals surface area contributed by atoms with Crippen LogP contribution in [0.4, 0.5) is 26.3 Å². The van der Waals surface area contributed by atoms with Crippen LogP contribution in [-0.2, 0) is 30.5 Å². The number of imidazole rings is 1. The summed E-state index contributed by atoms with van der Waals surface area (Å²) < 4.78 is 87.9. The number of hydrogen-bond acceptors (Lipinski definition) is 5. The summed E-state index contributed by atoms with van der Waals surface area (Å²) in [5.41, 5.74) is 6.23. The van der Waals surface area contributed by atoms with Gasteiger partial charge in [-0.15, -0.1) is 0 Å². The minimum absolute atomic E-state index is 0.00670. The number of pyridine rings is 1. The lowest BCUT2D eigenvalue weighted by Gasteiger charge is -2.30. The number of benzene rings is 1. The smallest absolute Gasteiger partial charge is 0.449 e. The molecule has 0 spiro atoms. The summed E-state index contributed by atoms with van der Waals surface area (Å²) >= 11 is 0. The molecule has 1 aromatic carbocycles. The van der Waals surface area contributed by atoms with Gasteiger partial charge in [0.15, 0.2) is 11.6 Å². The number of amides is 1. The minimum Gasteiger partial charge on any atom is -0.494 e. The molecule has 13 heteroatoms. The van der Waals surface area contributed by atoms with Crippen LogP contribution in [-0.4, -0.2) is 45.0 Å². The van der Waals surface area contributed by atoms with Crippen molar-refractivity contribution in [2.45, 2.75) is 38.1 Å². The predicted molar refractivity (Wildman–Crippen MR) is 115 cm³/mol. The predicted octanol–water partition coefficient (Wildman–Crippen LogP) is 3.69. The number of alkyl halides is 3. The van der Waals surface area contributed by atoms with Crippen molar-refractivity contribution in [2.24, 2.45) is 5.73 Å². The Morgan fingerprint density at radius 3 is 2.58 bits per heavy atom. The Labute approximate surface area is 201 Å². The van der Waals surface area contributed by atoms with Crippen LogP contribution in [0.1, 0.15) is 23.5 Å². The van der Waals surface area contributed by atoms with Gasteiger partial charge in [-0.2, -0.15) is 13.2 Å². The number of methoxy groups -OCH3 is 1. The van der Waals surface area contributed by atoms with E-state index < -0.39 is 41.4 Å². The standard InChI is InChI=1S/C23H21F6N5O2/c1-36-19-10-31-3-2-14(19)21-18-11-33(4-5-34(18)22(32-21)23(27,28)29)20(35)8-13(30)6-12-7-16(25)17(26)9-15(12)24/h2-3,7,9-10,13H,4-6,8,11,30H2,1H3/t13-/m1/s1. The molecule has 2 N–H and O–H groups in total. The third kappa shape index (κ3) is 5.01. The van der Waals surface area contributed by atoms with Crippen molar-refractivity contribution in [3.05, 3.63) is 65.1 Å². The molecule has 1 atom stereocenters. The lowest BCUT2D eigenvalue weighted by atomic mass is 10.0. The fraction of sp³-hybridized carbons (Fsp3) is 0.348. The molecule has 3 heterocycles. The maximum atomic E-state index is 13.9. The number of fused-ring (bicyclic) bond motifs is 1. The van der Waals surface area contributed by atoms with Crippen LogP contribution < -0.4 is 10.5 Å². The van der Waals surface area contributed by atoms with Crippen molar-refractivity contribution in [1.82, 2.24) is 19.4 Å². The van der Waals surface area contributed by atoms with Crippen LogP contribution in [0.25, 0.3) is 11.3 Å². The van der Waals surface area contributed by atoms with Gasteiger partial charge < -0.3 is 19.9 Å². The van der Waals surface area contributed by atoms with Gasteiger partial charge in [-0.25, -0.2) is 18.2 Å². The van der Waals surface area contributed by atoms with Crippen molar-refractivity contribution in [3.63, 3.8) is 0 Å². The molecule has 3 aromatic rings. The van der Waals surface area contributed by atoms with Crippen LogP contribution in [0.5, 0.6) is 5.75 Å². The minimum atomic E-state index is -4.73. The first-order valence-electron chi connectivity index (χ1n) is 10.8. The molecule has 36 heavy (non-hydrogen) atoms. The van der Waals surface area contributed by atoms with E-state index >= 15 is 0 Å². The number of carbonyl (C=O) groups is 1. The van der Waals surface area contributed by atoms with Gasteiger partial charge in [0.25, 0.3) is 0 Å². The first kappa shape index (κ1) is 25.5. The number of nitrogens with two attached hydrogens (primary N) is 1. The average Bonchev–Trinajstić information content (AvgIpc) is 3.21. The summed E-state index contributed by atoms with van der Waals surface area (Å²) in [5, 5.41) is 0. The highest BCUT2D eigenvalue weighted by Gasteiger charge is 2.41. The molecule has 7 nitrogen and oxygen atoms in total. The van der Waals surface area contributed by atoms with Gasteiger partial charge >= 0.3 is 6.18 Å². The first-order valence-corrected chi connectivity index (χ1v) is 10.8. The van der Waals surface area contributed by atoms with E-state index in [4.69, 9.17) is 10.5 Å². The van der Waals surface area contributed by atoms with E-state index in [1.807, 2.05) is 0 Å². The lowest BCUT2D eigenvalue weighted by Crippen LogP contribution is -2.42. The molecule has 0 aliphatic carbocycles. The fourth-order valence-corrected chi connectivity index (χ4v) is 4.18. The molecule has 0 fully saturated rings. The van der Waals surface area contributed by atoms with Crippen molar-refractivity contribution in [2.75, 3.05) is 13.7 Å². The molecule has 4 rings (SSSR count). The van der Waals surface area contributed by atoms with Crippen LogP contribution in [0.3, 0.4) is 0 Å². The summed E-state index contributed by atoms with van der Waals surface area (Å²) in [7, 11) is 1.35. The summed E-state index contributed by atoms with van der Waals surface area (Å²) in [6.07, 6.45) is -2.52. The third-order valence-corrected chi connectivity index (χ3v) is 5.88.